The Balaban J connectivity index is 1.35. The van der Waals surface area contributed by atoms with Crippen molar-refractivity contribution in [3.8, 4) is 11.5 Å². The number of anilines is 1. The maximum atomic E-state index is 13.2. The van der Waals surface area contributed by atoms with Crippen LogP contribution in [0.1, 0.15) is 18.9 Å². The summed E-state index contributed by atoms with van der Waals surface area (Å²) in [5.41, 5.74) is 0.895. The van der Waals surface area contributed by atoms with Crippen LogP contribution in [0.2, 0.25) is 0 Å². The van der Waals surface area contributed by atoms with Crippen molar-refractivity contribution in [2.75, 3.05) is 25.1 Å². The van der Waals surface area contributed by atoms with Gasteiger partial charge in [-0.05, 0) is 36.8 Å². The molecule has 2 aromatic carbocycles. The van der Waals surface area contributed by atoms with Crippen LogP contribution in [0.4, 0.5) is 10.5 Å². The number of carbonyl (C=O) groups excluding carboxylic acids is 3. The van der Waals surface area contributed by atoms with Gasteiger partial charge in [-0.1, -0.05) is 12.1 Å². The van der Waals surface area contributed by atoms with Crippen LogP contribution in [0.15, 0.2) is 36.4 Å². The van der Waals surface area contributed by atoms with Crippen molar-refractivity contribution in [2.24, 2.45) is 0 Å². The van der Waals surface area contributed by atoms with Crippen LogP contribution in [0, 0.1) is 0 Å². The lowest BCUT2D eigenvalue weighted by atomic mass is 9.91. The quantitative estimate of drug-likeness (QED) is 0.581. The van der Waals surface area contributed by atoms with Crippen LogP contribution < -0.4 is 20.1 Å². The number of aromatic nitrogens is 2. The van der Waals surface area contributed by atoms with Crippen LogP contribution in [0.5, 0.6) is 11.5 Å². The lowest BCUT2D eigenvalue weighted by molar-refractivity contribution is -0.133. The largest absolute Gasteiger partial charge is 0.490 e. The first kappa shape index (κ1) is 20.2. The summed E-state index contributed by atoms with van der Waals surface area (Å²) < 4.78 is 19.6. The van der Waals surface area contributed by atoms with Gasteiger partial charge < -0.3 is 20.1 Å². The van der Waals surface area contributed by atoms with E-state index in [9.17, 15) is 14.4 Å². The highest BCUT2D eigenvalue weighted by Gasteiger charge is 2.49. The predicted molar refractivity (Wildman–Crippen MR) is 116 cm³/mol. The predicted octanol–water partition coefficient (Wildman–Crippen LogP) is 2.26. The molecule has 10 nitrogen and oxygen atoms in total. The highest BCUT2D eigenvalue weighted by molar-refractivity contribution is 7.00. The molecule has 0 radical (unpaired) electrons. The Labute approximate surface area is 186 Å². The number of urea groups is 1. The molecule has 0 aliphatic carbocycles. The van der Waals surface area contributed by atoms with Gasteiger partial charge in [0, 0.05) is 6.42 Å². The second-order valence-corrected chi connectivity index (χ2v) is 8.17. The molecule has 0 bridgehead atoms. The van der Waals surface area contributed by atoms with Crippen LogP contribution in [-0.4, -0.2) is 51.3 Å². The van der Waals surface area contributed by atoms with Gasteiger partial charge in [-0.3, -0.25) is 14.5 Å². The van der Waals surface area contributed by atoms with E-state index in [1.165, 1.54) is 0 Å². The summed E-state index contributed by atoms with van der Waals surface area (Å²) in [5, 5.41) is 5.41. The minimum absolute atomic E-state index is 0.432. The number of imide groups is 1. The first-order chi connectivity index (χ1) is 15.5. The molecule has 4 amide bonds. The number of fused-ring (bicyclic) bond motifs is 2. The van der Waals surface area contributed by atoms with Crippen LogP contribution in [-0.2, 0) is 15.1 Å². The Bertz CT molecular complexity index is 1240. The fourth-order valence-corrected chi connectivity index (χ4v) is 4.30. The van der Waals surface area contributed by atoms with Crippen molar-refractivity contribution >= 4 is 46.3 Å². The molecule has 5 rings (SSSR count). The fraction of sp³-hybridized carbons (Fsp3) is 0.286. The highest BCUT2D eigenvalue weighted by atomic mass is 32.1. The first-order valence-electron chi connectivity index (χ1n) is 10.0. The number of hydrogen-bond donors (Lipinski definition) is 2. The molecular formula is C21H19N5O5S. The van der Waals surface area contributed by atoms with E-state index in [1.807, 2.05) is 0 Å². The van der Waals surface area contributed by atoms with Gasteiger partial charge in [0.15, 0.2) is 11.5 Å². The number of ether oxygens (including phenoxy) is 2. The molecule has 3 heterocycles. The minimum atomic E-state index is -1.33. The maximum Gasteiger partial charge on any atom is 0.325 e. The van der Waals surface area contributed by atoms with Crippen molar-refractivity contribution in [3.63, 3.8) is 0 Å². The SMILES string of the molecule is CC1(c2ccc3c(c2)OCCCO3)NC(=O)N(CC(=O)Nc2cccc3nsnc23)C1=O. The number of hydrogen-bond acceptors (Lipinski definition) is 8. The minimum Gasteiger partial charge on any atom is -0.490 e. The van der Waals surface area contributed by atoms with E-state index in [2.05, 4.69) is 19.4 Å². The zero-order valence-corrected chi connectivity index (χ0v) is 17.9. The molecule has 0 spiro atoms. The zero-order valence-electron chi connectivity index (χ0n) is 17.1. The van der Waals surface area contributed by atoms with E-state index in [0.717, 1.165) is 23.0 Å². The lowest BCUT2D eigenvalue weighted by Crippen LogP contribution is -2.42. The molecule has 1 fully saturated rings. The van der Waals surface area contributed by atoms with Gasteiger partial charge in [-0.2, -0.15) is 8.75 Å². The van der Waals surface area contributed by atoms with E-state index >= 15 is 0 Å². The molecule has 164 valence electrons. The monoisotopic (exact) mass is 453 g/mol. The van der Waals surface area contributed by atoms with Crippen LogP contribution in [0.25, 0.3) is 11.0 Å². The number of amides is 4. The second kappa shape index (κ2) is 7.75. The molecule has 2 aliphatic rings. The second-order valence-electron chi connectivity index (χ2n) is 7.64. The van der Waals surface area contributed by atoms with Crippen molar-refractivity contribution in [2.45, 2.75) is 18.9 Å². The van der Waals surface area contributed by atoms with E-state index in [-0.39, 0.29) is 0 Å². The molecule has 32 heavy (non-hydrogen) atoms. The summed E-state index contributed by atoms with van der Waals surface area (Å²) in [4.78, 5) is 39.4. The van der Waals surface area contributed by atoms with E-state index in [0.29, 0.717) is 47.0 Å². The van der Waals surface area contributed by atoms with Gasteiger partial charge in [0.25, 0.3) is 5.91 Å². The Hall–Kier alpha value is -3.73. The number of benzene rings is 2. The number of carbonyl (C=O) groups is 3. The molecule has 1 unspecified atom stereocenters. The van der Waals surface area contributed by atoms with Gasteiger partial charge in [0.1, 0.15) is 23.1 Å². The lowest BCUT2D eigenvalue weighted by Gasteiger charge is -2.23. The van der Waals surface area contributed by atoms with E-state index in [1.54, 1.807) is 43.3 Å². The summed E-state index contributed by atoms with van der Waals surface area (Å²) >= 11 is 1.04. The Morgan fingerprint density at radius 3 is 2.84 bits per heavy atom. The van der Waals surface area contributed by atoms with Gasteiger partial charge >= 0.3 is 6.03 Å². The topological polar surface area (TPSA) is 123 Å². The van der Waals surface area contributed by atoms with Crippen LogP contribution in [0.3, 0.4) is 0 Å². The smallest absolute Gasteiger partial charge is 0.325 e. The van der Waals surface area contributed by atoms with Gasteiger partial charge in [-0.15, -0.1) is 0 Å². The highest BCUT2D eigenvalue weighted by Crippen LogP contribution is 2.36. The van der Waals surface area contributed by atoms with Gasteiger partial charge in [-0.25, -0.2) is 4.79 Å². The average Bonchev–Trinajstić information content (AvgIpc) is 3.24. The molecule has 1 saturated heterocycles. The number of rotatable bonds is 4. The van der Waals surface area contributed by atoms with Gasteiger partial charge in [0.2, 0.25) is 5.91 Å². The average molecular weight is 453 g/mol. The molecule has 1 atom stereocenters. The Morgan fingerprint density at radius 2 is 2.00 bits per heavy atom. The maximum absolute atomic E-state index is 13.2. The fourth-order valence-electron chi connectivity index (χ4n) is 3.75. The Kier molecular flexibility index (Phi) is 4.89. The Morgan fingerprint density at radius 1 is 1.19 bits per heavy atom. The van der Waals surface area contributed by atoms with Crippen molar-refractivity contribution in [1.82, 2.24) is 19.0 Å². The molecule has 1 aromatic heterocycles. The third-order valence-electron chi connectivity index (χ3n) is 5.46. The molecule has 2 aliphatic heterocycles. The standard InChI is InChI=1S/C21H19N5O5S/c1-21(12-6-7-15-16(10-12)31-9-3-8-30-15)19(28)26(20(29)23-21)11-17(27)22-13-4-2-5-14-18(13)25-32-24-14/h2,4-7,10H,3,8-9,11H2,1H3,(H,22,27)(H,23,29). The number of nitrogens with one attached hydrogen (secondary N) is 2. The molecular weight excluding hydrogens is 434 g/mol. The third-order valence-corrected chi connectivity index (χ3v) is 6.00. The molecule has 11 heteroatoms. The molecule has 2 N–H and O–H groups in total. The van der Waals surface area contributed by atoms with Crippen molar-refractivity contribution in [1.29, 1.82) is 0 Å². The van der Waals surface area contributed by atoms with Crippen molar-refractivity contribution in [3.05, 3.63) is 42.0 Å². The normalized spacial score (nSPS) is 20.2. The molecule has 3 aromatic rings. The summed E-state index contributed by atoms with van der Waals surface area (Å²) in [5.74, 6) is 0.0654. The number of nitrogens with zero attached hydrogens (tertiary/aromatic N) is 3. The van der Waals surface area contributed by atoms with E-state index < -0.39 is 29.9 Å². The van der Waals surface area contributed by atoms with Crippen LogP contribution >= 0.6 is 11.7 Å². The third kappa shape index (κ3) is 3.40. The zero-order chi connectivity index (χ0) is 22.3. The van der Waals surface area contributed by atoms with Crippen molar-refractivity contribution < 1.29 is 23.9 Å². The first-order valence-corrected chi connectivity index (χ1v) is 10.7. The summed E-state index contributed by atoms with van der Waals surface area (Å²) in [6, 6.07) is 9.70. The van der Waals surface area contributed by atoms with Gasteiger partial charge in [0.05, 0.1) is 30.6 Å². The summed E-state index contributed by atoms with van der Waals surface area (Å²) in [6.07, 6.45) is 0.754. The summed E-state index contributed by atoms with van der Waals surface area (Å²) in [7, 11) is 0. The van der Waals surface area contributed by atoms with E-state index in [4.69, 9.17) is 9.47 Å². The molecule has 0 saturated carbocycles. The summed E-state index contributed by atoms with van der Waals surface area (Å²) in [6.45, 7) is 2.22.